The number of ether oxygens (including phenoxy) is 1. The molecule has 0 radical (unpaired) electrons. The van der Waals surface area contributed by atoms with Crippen molar-refractivity contribution in [1.29, 1.82) is 0 Å². The molecule has 4 heteroatoms. The van der Waals surface area contributed by atoms with Crippen LogP contribution in [0.1, 0.15) is 34.8 Å². The Morgan fingerprint density at radius 2 is 2.29 bits per heavy atom. The van der Waals surface area contributed by atoms with E-state index in [0.29, 0.717) is 31.9 Å². The minimum absolute atomic E-state index is 0.0599. The highest BCUT2D eigenvalue weighted by Crippen LogP contribution is 2.17. The van der Waals surface area contributed by atoms with Crippen LogP contribution in [0, 0.1) is 18.8 Å². The molecule has 112 valence electrons. The van der Waals surface area contributed by atoms with Crippen molar-refractivity contribution in [3.8, 4) is 11.8 Å². The topological polar surface area (TPSA) is 55.6 Å². The SMILES string of the molecule is CCC1COCCN1C(=O)c1cc(C)cc(C#CCN)c1. The molecule has 0 spiro atoms. The van der Waals surface area contributed by atoms with Crippen molar-refractivity contribution in [2.24, 2.45) is 5.73 Å². The Balaban J connectivity index is 2.27. The van der Waals surface area contributed by atoms with E-state index in [-0.39, 0.29) is 11.9 Å². The number of hydrogen-bond donors (Lipinski definition) is 1. The minimum atomic E-state index is 0.0599. The van der Waals surface area contributed by atoms with Gasteiger partial charge in [0.2, 0.25) is 0 Å². The average molecular weight is 286 g/mol. The fourth-order valence-electron chi connectivity index (χ4n) is 2.56. The Hall–Kier alpha value is -1.83. The molecule has 2 rings (SSSR count). The maximum atomic E-state index is 12.7. The summed E-state index contributed by atoms with van der Waals surface area (Å²) in [5.41, 5.74) is 7.96. The highest BCUT2D eigenvalue weighted by molar-refractivity contribution is 5.95. The normalized spacial score (nSPS) is 18.0. The van der Waals surface area contributed by atoms with Crippen LogP contribution in [0.2, 0.25) is 0 Å². The van der Waals surface area contributed by atoms with Crippen LogP contribution >= 0.6 is 0 Å². The first-order valence-corrected chi connectivity index (χ1v) is 7.35. The third-order valence-electron chi connectivity index (χ3n) is 3.62. The van der Waals surface area contributed by atoms with E-state index < -0.39 is 0 Å². The van der Waals surface area contributed by atoms with Crippen LogP contribution in [0.3, 0.4) is 0 Å². The number of benzene rings is 1. The molecule has 1 fully saturated rings. The van der Waals surface area contributed by atoms with E-state index in [9.17, 15) is 4.79 Å². The molecule has 4 nitrogen and oxygen atoms in total. The Bertz CT molecular complexity index is 572. The van der Waals surface area contributed by atoms with Crippen molar-refractivity contribution in [2.75, 3.05) is 26.3 Å². The highest BCUT2D eigenvalue weighted by atomic mass is 16.5. The average Bonchev–Trinajstić information content (AvgIpc) is 2.51. The number of nitrogens with zero attached hydrogens (tertiary/aromatic N) is 1. The van der Waals surface area contributed by atoms with Gasteiger partial charge in [-0.3, -0.25) is 4.79 Å². The quantitative estimate of drug-likeness (QED) is 0.839. The first-order valence-electron chi connectivity index (χ1n) is 7.35. The molecule has 1 saturated heterocycles. The largest absolute Gasteiger partial charge is 0.377 e. The summed E-state index contributed by atoms with van der Waals surface area (Å²) in [7, 11) is 0. The van der Waals surface area contributed by atoms with Crippen molar-refractivity contribution >= 4 is 5.91 Å². The fraction of sp³-hybridized carbons (Fsp3) is 0.471. The lowest BCUT2D eigenvalue weighted by atomic mass is 10.0. The zero-order valence-corrected chi connectivity index (χ0v) is 12.7. The summed E-state index contributed by atoms with van der Waals surface area (Å²) in [6.45, 7) is 6.24. The Labute approximate surface area is 126 Å². The van der Waals surface area contributed by atoms with E-state index in [0.717, 1.165) is 17.5 Å². The number of rotatable bonds is 2. The third kappa shape index (κ3) is 3.84. The molecule has 1 unspecified atom stereocenters. The highest BCUT2D eigenvalue weighted by Gasteiger charge is 2.26. The number of nitrogens with two attached hydrogens (primary N) is 1. The lowest BCUT2D eigenvalue weighted by Gasteiger charge is -2.35. The molecule has 1 aliphatic rings. The summed E-state index contributed by atoms with van der Waals surface area (Å²) in [5, 5.41) is 0. The molecule has 0 saturated carbocycles. The molecule has 21 heavy (non-hydrogen) atoms. The molecule has 1 amide bonds. The van der Waals surface area contributed by atoms with Gasteiger partial charge >= 0.3 is 0 Å². The van der Waals surface area contributed by atoms with Crippen molar-refractivity contribution < 1.29 is 9.53 Å². The van der Waals surface area contributed by atoms with Gasteiger partial charge in [-0.2, -0.15) is 0 Å². The van der Waals surface area contributed by atoms with E-state index in [1.54, 1.807) is 0 Å². The van der Waals surface area contributed by atoms with E-state index in [2.05, 4.69) is 18.8 Å². The van der Waals surface area contributed by atoms with Gasteiger partial charge in [0, 0.05) is 17.7 Å². The van der Waals surface area contributed by atoms with Crippen LogP contribution in [0.15, 0.2) is 18.2 Å². The summed E-state index contributed by atoms with van der Waals surface area (Å²) in [6, 6.07) is 5.89. The van der Waals surface area contributed by atoms with Gasteiger partial charge in [0.05, 0.1) is 25.8 Å². The summed E-state index contributed by atoms with van der Waals surface area (Å²) < 4.78 is 5.46. The number of carbonyl (C=O) groups is 1. The van der Waals surface area contributed by atoms with Gasteiger partial charge in [-0.25, -0.2) is 0 Å². The molecule has 1 heterocycles. The van der Waals surface area contributed by atoms with Crippen LogP contribution in [0.4, 0.5) is 0 Å². The molecular formula is C17H22N2O2. The lowest BCUT2D eigenvalue weighted by Crippen LogP contribution is -2.48. The molecule has 0 bridgehead atoms. The number of amides is 1. The number of morpholine rings is 1. The molecule has 1 aliphatic heterocycles. The van der Waals surface area contributed by atoms with Gasteiger partial charge in [0.25, 0.3) is 5.91 Å². The predicted molar refractivity (Wildman–Crippen MR) is 83.0 cm³/mol. The molecule has 0 aromatic heterocycles. The summed E-state index contributed by atoms with van der Waals surface area (Å²) in [4.78, 5) is 14.7. The molecule has 2 N–H and O–H groups in total. The van der Waals surface area contributed by atoms with E-state index in [1.807, 2.05) is 30.0 Å². The first-order chi connectivity index (χ1) is 10.2. The Kier molecular flexibility index (Phi) is 5.38. The second kappa shape index (κ2) is 7.26. The van der Waals surface area contributed by atoms with E-state index in [1.165, 1.54) is 0 Å². The van der Waals surface area contributed by atoms with E-state index >= 15 is 0 Å². The summed E-state index contributed by atoms with van der Waals surface area (Å²) >= 11 is 0. The third-order valence-corrected chi connectivity index (χ3v) is 3.62. The zero-order valence-electron chi connectivity index (χ0n) is 12.7. The Morgan fingerprint density at radius 3 is 3.00 bits per heavy atom. The van der Waals surface area contributed by atoms with E-state index in [4.69, 9.17) is 10.5 Å². The van der Waals surface area contributed by atoms with Crippen LogP contribution < -0.4 is 5.73 Å². The van der Waals surface area contributed by atoms with Gasteiger partial charge in [-0.1, -0.05) is 18.8 Å². The van der Waals surface area contributed by atoms with Gasteiger partial charge in [-0.15, -0.1) is 0 Å². The molecular weight excluding hydrogens is 264 g/mol. The summed E-state index contributed by atoms with van der Waals surface area (Å²) in [6.07, 6.45) is 0.900. The van der Waals surface area contributed by atoms with Gasteiger partial charge in [0.15, 0.2) is 0 Å². The van der Waals surface area contributed by atoms with Crippen LogP contribution in [0.25, 0.3) is 0 Å². The van der Waals surface area contributed by atoms with Gasteiger partial charge in [0.1, 0.15) is 0 Å². The standard InChI is InChI=1S/C17H22N2O2/c1-3-16-12-21-8-7-19(16)17(20)15-10-13(2)9-14(11-15)5-4-6-18/h9-11,16H,3,6-8,12,18H2,1-2H3. The monoisotopic (exact) mass is 286 g/mol. The molecule has 0 aliphatic carbocycles. The number of hydrogen-bond acceptors (Lipinski definition) is 3. The molecule has 1 aromatic rings. The van der Waals surface area contributed by atoms with Crippen molar-refractivity contribution in [3.63, 3.8) is 0 Å². The van der Waals surface area contributed by atoms with Crippen LogP contribution in [-0.2, 0) is 4.74 Å². The van der Waals surface area contributed by atoms with Crippen molar-refractivity contribution in [2.45, 2.75) is 26.3 Å². The molecule has 1 aromatic carbocycles. The Morgan fingerprint density at radius 1 is 1.48 bits per heavy atom. The maximum Gasteiger partial charge on any atom is 0.254 e. The smallest absolute Gasteiger partial charge is 0.254 e. The van der Waals surface area contributed by atoms with Crippen LogP contribution in [0.5, 0.6) is 0 Å². The van der Waals surface area contributed by atoms with Crippen LogP contribution in [-0.4, -0.2) is 43.2 Å². The second-order valence-corrected chi connectivity index (χ2v) is 5.23. The number of aryl methyl sites for hydroxylation is 1. The minimum Gasteiger partial charge on any atom is -0.377 e. The summed E-state index contributed by atoms with van der Waals surface area (Å²) in [5.74, 6) is 5.89. The predicted octanol–water partition coefficient (Wildman–Crippen LogP) is 1.56. The second-order valence-electron chi connectivity index (χ2n) is 5.23. The van der Waals surface area contributed by atoms with Gasteiger partial charge < -0.3 is 15.4 Å². The maximum absolute atomic E-state index is 12.7. The van der Waals surface area contributed by atoms with Gasteiger partial charge in [-0.05, 0) is 37.1 Å². The lowest BCUT2D eigenvalue weighted by molar-refractivity contribution is -0.00280. The number of carbonyl (C=O) groups excluding carboxylic acids is 1. The zero-order chi connectivity index (χ0) is 15.2. The first kappa shape index (κ1) is 15.6. The van der Waals surface area contributed by atoms with Crippen molar-refractivity contribution in [3.05, 3.63) is 34.9 Å². The molecule has 1 atom stereocenters. The fourth-order valence-corrected chi connectivity index (χ4v) is 2.56. The van der Waals surface area contributed by atoms with Crippen molar-refractivity contribution in [1.82, 2.24) is 4.90 Å².